The van der Waals surface area contributed by atoms with Crippen molar-refractivity contribution in [3.63, 3.8) is 0 Å². The minimum atomic E-state index is -0.392. The standard InChI is InChI=1S/C13H20FN3OS/c1-3-19-8-9(2)16-7-10-4-11(13(15)17-18)6-12(14)5-10/h4-6,9,16,18H,3,7-8H2,1-2H3,(H2,15,17). The summed E-state index contributed by atoms with van der Waals surface area (Å²) >= 11 is 1.86. The van der Waals surface area contributed by atoms with Gasteiger partial charge in [-0.3, -0.25) is 0 Å². The van der Waals surface area contributed by atoms with E-state index in [-0.39, 0.29) is 5.84 Å². The molecule has 0 saturated heterocycles. The number of amidine groups is 1. The Labute approximate surface area is 117 Å². The van der Waals surface area contributed by atoms with Gasteiger partial charge in [-0.25, -0.2) is 4.39 Å². The monoisotopic (exact) mass is 285 g/mol. The van der Waals surface area contributed by atoms with E-state index >= 15 is 0 Å². The maximum absolute atomic E-state index is 13.4. The number of hydrogen-bond donors (Lipinski definition) is 3. The smallest absolute Gasteiger partial charge is 0.170 e. The van der Waals surface area contributed by atoms with Gasteiger partial charge in [-0.15, -0.1) is 0 Å². The summed E-state index contributed by atoms with van der Waals surface area (Å²) in [6, 6.07) is 4.75. The summed E-state index contributed by atoms with van der Waals surface area (Å²) < 4.78 is 13.4. The molecule has 0 aliphatic heterocycles. The minimum Gasteiger partial charge on any atom is -0.409 e. The van der Waals surface area contributed by atoms with Crippen molar-refractivity contribution in [2.75, 3.05) is 11.5 Å². The molecule has 1 rings (SSSR count). The Balaban J connectivity index is 2.66. The van der Waals surface area contributed by atoms with E-state index in [1.54, 1.807) is 6.07 Å². The van der Waals surface area contributed by atoms with Gasteiger partial charge >= 0.3 is 0 Å². The first-order valence-electron chi connectivity index (χ1n) is 6.15. The highest BCUT2D eigenvalue weighted by atomic mass is 32.2. The summed E-state index contributed by atoms with van der Waals surface area (Å²) in [5, 5.41) is 14.8. The molecular weight excluding hydrogens is 265 g/mol. The number of nitrogens with zero attached hydrogens (tertiary/aromatic N) is 1. The predicted octanol–water partition coefficient (Wildman–Crippen LogP) is 2.15. The molecule has 4 nitrogen and oxygen atoms in total. The molecule has 0 radical (unpaired) electrons. The molecule has 1 atom stereocenters. The molecule has 19 heavy (non-hydrogen) atoms. The van der Waals surface area contributed by atoms with E-state index in [0.29, 0.717) is 18.2 Å². The Hall–Kier alpha value is -1.27. The van der Waals surface area contributed by atoms with Gasteiger partial charge in [0, 0.05) is 23.9 Å². The number of nitrogens with one attached hydrogen (secondary N) is 1. The van der Waals surface area contributed by atoms with Crippen LogP contribution < -0.4 is 11.1 Å². The number of halogens is 1. The number of thioether (sulfide) groups is 1. The Morgan fingerprint density at radius 1 is 1.53 bits per heavy atom. The first-order valence-corrected chi connectivity index (χ1v) is 7.30. The van der Waals surface area contributed by atoms with Crippen molar-refractivity contribution in [2.45, 2.75) is 26.4 Å². The average Bonchev–Trinajstić information content (AvgIpc) is 2.41. The molecule has 0 aliphatic rings. The normalized spacial score (nSPS) is 13.5. The van der Waals surface area contributed by atoms with E-state index in [1.807, 2.05) is 11.8 Å². The number of benzene rings is 1. The fourth-order valence-corrected chi connectivity index (χ4v) is 2.31. The fraction of sp³-hybridized carbons (Fsp3) is 0.462. The lowest BCUT2D eigenvalue weighted by Gasteiger charge is -2.13. The van der Waals surface area contributed by atoms with Crippen molar-refractivity contribution < 1.29 is 9.60 Å². The third kappa shape index (κ3) is 5.48. The van der Waals surface area contributed by atoms with Gasteiger partial charge in [0.15, 0.2) is 5.84 Å². The van der Waals surface area contributed by atoms with E-state index in [0.717, 1.165) is 17.1 Å². The van der Waals surface area contributed by atoms with Crippen LogP contribution in [0.15, 0.2) is 23.4 Å². The zero-order valence-electron chi connectivity index (χ0n) is 11.2. The number of hydrogen-bond acceptors (Lipinski definition) is 4. The van der Waals surface area contributed by atoms with Gasteiger partial charge in [-0.05, 0) is 36.4 Å². The second kappa shape index (κ2) is 8.01. The minimum absolute atomic E-state index is 0.0877. The van der Waals surface area contributed by atoms with Crippen molar-refractivity contribution in [3.05, 3.63) is 35.1 Å². The fourth-order valence-electron chi connectivity index (χ4n) is 1.60. The van der Waals surface area contributed by atoms with Gasteiger partial charge in [0.1, 0.15) is 5.82 Å². The molecular formula is C13H20FN3OS. The van der Waals surface area contributed by atoms with Crippen molar-refractivity contribution >= 4 is 17.6 Å². The highest BCUT2D eigenvalue weighted by molar-refractivity contribution is 7.99. The molecule has 0 saturated carbocycles. The van der Waals surface area contributed by atoms with Crippen molar-refractivity contribution in [3.8, 4) is 0 Å². The molecule has 6 heteroatoms. The third-order valence-corrected chi connectivity index (χ3v) is 3.73. The Bertz CT molecular complexity index is 440. The molecule has 0 bridgehead atoms. The zero-order chi connectivity index (χ0) is 14.3. The predicted molar refractivity (Wildman–Crippen MR) is 78.2 cm³/mol. The summed E-state index contributed by atoms with van der Waals surface area (Å²) in [6.45, 7) is 4.76. The number of rotatable bonds is 7. The molecule has 0 heterocycles. The maximum Gasteiger partial charge on any atom is 0.170 e. The van der Waals surface area contributed by atoms with E-state index in [9.17, 15) is 4.39 Å². The lowest BCUT2D eigenvalue weighted by atomic mass is 10.1. The number of nitrogens with two attached hydrogens (primary N) is 1. The first kappa shape index (κ1) is 15.8. The summed E-state index contributed by atoms with van der Waals surface area (Å²) in [6.07, 6.45) is 0. The molecule has 0 fully saturated rings. The molecule has 106 valence electrons. The van der Waals surface area contributed by atoms with E-state index < -0.39 is 5.82 Å². The lowest BCUT2D eigenvalue weighted by molar-refractivity contribution is 0.318. The first-order chi connectivity index (χ1) is 9.06. The maximum atomic E-state index is 13.4. The van der Waals surface area contributed by atoms with Crippen LogP contribution >= 0.6 is 11.8 Å². The van der Waals surface area contributed by atoms with Crippen LogP contribution in [0, 0.1) is 5.82 Å². The van der Waals surface area contributed by atoms with E-state index in [4.69, 9.17) is 10.9 Å². The second-order valence-electron chi connectivity index (χ2n) is 4.27. The zero-order valence-corrected chi connectivity index (χ0v) is 12.0. The van der Waals surface area contributed by atoms with Crippen LogP contribution in [-0.4, -0.2) is 28.6 Å². The molecule has 1 aromatic rings. The second-order valence-corrected chi connectivity index (χ2v) is 5.59. The largest absolute Gasteiger partial charge is 0.409 e. The van der Waals surface area contributed by atoms with Crippen LogP contribution in [0.1, 0.15) is 25.0 Å². The quantitative estimate of drug-likeness (QED) is 0.311. The van der Waals surface area contributed by atoms with Gasteiger partial charge < -0.3 is 16.3 Å². The topological polar surface area (TPSA) is 70.6 Å². The van der Waals surface area contributed by atoms with E-state index in [2.05, 4.69) is 24.3 Å². The van der Waals surface area contributed by atoms with Gasteiger partial charge in [0.2, 0.25) is 0 Å². The Kier molecular flexibility index (Phi) is 6.66. The summed E-state index contributed by atoms with van der Waals surface area (Å²) in [5.41, 5.74) is 6.62. The van der Waals surface area contributed by atoms with Crippen molar-refractivity contribution in [1.82, 2.24) is 5.32 Å². The van der Waals surface area contributed by atoms with Crippen LogP contribution in [0.4, 0.5) is 4.39 Å². The SMILES string of the molecule is CCSCC(C)NCc1cc(F)cc(/C(N)=N/O)c1. The Morgan fingerprint density at radius 2 is 2.26 bits per heavy atom. The van der Waals surface area contributed by atoms with Crippen LogP contribution in [-0.2, 0) is 6.54 Å². The van der Waals surface area contributed by atoms with Gasteiger partial charge in [0.25, 0.3) is 0 Å². The van der Waals surface area contributed by atoms with Crippen molar-refractivity contribution in [1.29, 1.82) is 0 Å². The van der Waals surface area contributed by atoms with Gasteiger partial charge in [-0.2, -0.15) is 11.8 Å². The molecule has 0 aromatic heterocycles. The lowest BCUT2D eigenvalue weighted by Crippen LogP contribution is -2.28. The summed E-state index contributed by atoms with van der Waals surface area (Å²) in [5.74, 6) is 1.62. The van der Waals surface area contributed by atoms with Crippen molar-refractivity contribution in [2.24, 2.45) is 10.9 Å². The van der Waals surface area contributed by atoms with Crippen LogP contribution in [0.3, 0.4) is 0 Å². The molecule has 0 aliphatic carbocycles. The van der Waals surface area contributed by atoms with E-state index in [1.165, 1.54) is 12.1 Å². The van der Waals surface area contributed by atoms with Crippen LogP contribution in [0.5, 0.6) is 0 Å². The van der Waals surface area contributed by atoms with Crippen LogP contribution in [0.2, 0.25) is 0 Å². The molecule has 1 unspecified atom stereocenters. The molecule has 4 N–H and O–H groups in total. The highest BCUT2D eigenvalue weighted by Crippen LogP contribution is 2.10. The molecule has 0 amide bonds. The van der Waals surface area contributed by atoms with Crippen LogP contribution in [0.25, 0.3) is 0 Å². The highest BCUT2D eigenvalue weighted by Gasteiger charge is 2.06. The Morgan fingerprint density at radius 3 is 2.89 bits per heavy atom. The average molecular weight is 285 g/mol. The summed E-state index contributed by atoms with van der Waals surface area (Å²) in [4.78, 5) is 0. The number of oxime groups is 1. The summed E-state index contributed by atoms with van der Waals surface area (Å²) in [7, 11) is 0. The van der Waals surface area contributed by atoms with Gasteiger partial charge in [-0.1, -0.05) is 12.1 Å². The molecule has 1 aromatic carbocycles. The molecule has 0 spiro atoms. The third-order valence-electron chi connectivity index (χ3n) is 2.59. The van der Waals surface area contributed by atoms with Gasteiger partial charge in [0.05, 0.1) is 0 Å².